The second-order valence-corrected chi connectivity index (χ2v) is 21.3. The molecule has 5 aromatic rings. The first-order chi connectivity index (χ1) is 36.8. The number of carbonyl (C=O) groups is 3. The lowest BCUT2D eigenvalue weighted by molar-refractivity contribution is -0.140. The number of rotatable bonds is 9. The van der Waals surface area contributed by atoms with E-state index in [9.17, 15) is 41.5 Å². The zero-order chi connectivity index (χ0) is 56.4. The Labute approximate surface area is 451 Å². The molecule has 426 valence electrons. The number of hydrogen-bond donors (Lipinski definition) is 2. The Kier molecular flexibility index (Phi) is 17.0. The van der Waals surface area contributed by atoms with Crippen molar-refractivity contribution in [3.05, 3.63) is 60.6 Å². The van der Waals surface area contributed by atoms with Crippen molar-refractivity contribution in [2.45, 2.75) is 92.2 Å². The average Bonchev–Trinajstić information content (AvgIpc) is 4.13. The zero-order valence-corrected chi connectivity index (χ0v) is 45.7. The number of aromatic amines is 1. The zero-order valence-electron chi connectivity index (χ0n) is 45.0. The van der Waals surface area contributed by atoms with Crippen LogP contribution in [0.25, 0.3) is 11.6 Å². The number of benzene rings is 1. The van der Waals surface area contributed by atoms with Crippen molar-refractivity contribution in [1.29, 1.82) is 0 Å². The minimum absolute atomic E-state index is 0.0596. The van der Waals surface area contributed by atoms with Gasteiger partial charge in [-0.05, 0) is 66.5 Å². The molecule has 0 spiro atoms. The predicted molar refractivity (Wildman–Crippen MR) is 281 cm³/mol. The van der Waals surface area contributed by atoms with Gasteiger partial charge in [-0.2, -0.15) is 32.2 Å². The molecule has 4 aliphatic heterocycles. The fourth-order valence-electron chi connectivity index (χ4n) is 9.31. The summed E-state index contributed by atoms with van der Waals surface area (Å²) in [5, 5.41) is 9.47. The van der Waals surface area contributed by atoms with Crippen molar-refractivity contribution in [2.24, 2.45) is 0 Å². The number of anilines is 5. The number of alkyl halides is 3. The monoisotopic (exact) mass is 1120 g/mol. The second kappa shape index (κ2) is 23.2. The maximum atomic E-state index is 14.3. The van der Waals surface area contributed by atoms with E-state index < -0.39 is 57.9 Å². The highest BCUT2D eigenvalue weighted by Crippen LogP contribution is 2.36. The van der Waals surface area contributed by atoms with Crippen LogP contribution in [0, 0.1) is 5.82 Å². The number of aryl methyl sites for hydroxylation is 1. The Hall–Kier alpha value is -6.94. The fourth-order valence-corrected chi connectivity index (χ4v) is 9.52. The molecule has 0 aliphatic carbocycles. The molecule has 4 fully saturated rings. The molecule has 4 aliphatic rings. The lowest BCUT2D eigenvalue weighted by Crippen LogP contribution is -2.51. The average molecular weight is 1120 g/mol. The number of fused-ring (bicyclic) bond motifs is 2. The Balaban J connectivity index is 0.000000224. The van der Waals surface area contributed by atoms with Crippen LogP contribution in [0.4, 0.5) is 56.1 Å². The van der Waals surface area contributed by atoms with Gasteiger partial charge in [0.05, 0.1) is 54.1 Å². The van der Waals surface area contributed by atoms with Crippen molar-refractivity contribution < 1.29 is 50.9 Å². The lowest BCUT2D eigenvalue weighted by Gasteiger charge is -2.37. The molecule has 4 aromatic heterocycles. The van der Waals surface area contributed by atoms with E-state index in [1.54, 1.807) is 37.5 Å². The third-order valence-corrected chi connectivity index (χ3v) is 13.4. The molecule has 0 radical (unpaired) electrons. The summed E-state index contributed by atoms with van der Waals surface area (Å²) in [6.07, 6.45) is -4.88. The molecule has 2 N–H and O–H groups in total. The molecule has 0 unspecified atom stereocenters. The van der Waals surface area contributed by atoms with Gasteiger partial charge in [-0.3, -0.25) is 19.5 Å². The molecule has 9 rings (SSSR count). The Morgan fingerprint density at radius 2 is 1.24 bits per heavy atom. The number of nitrogens with zero attached hydrogens (tertiary/aromatic N) is 13. The molecule has 24 nitrogen and oxygen atoms in total. The van der Waals surface area contributed by atoms with Crippen LogP contribution in [0.15, 0.2) is 21.7 Å². The molecule has 0 bridgehead atoms. The van der Waals surface area contributed by atoms with E-state index in [-0.39, 0.29) is 67.4 Å². The molecule has 0 atom stereocenters. The largest absolute Gasteiger partial charge is 0.444 e. The van der Waals surface area contributed by atoms with Gasteiger partial charge in [0.25, 0.3) is 16.9 Å². The van der Waals surface area contributed by atoms with Crippen molar-refractivity contribution in [2.75, 3.05) is 130 Å². The van der Waals surface area contributed by atoms with E-state index in [0.717, 1.165) is 10.2 Å². The van der Waals surface area contributed by atoms with Crippen LogP contribution in [0.1, 0.15) is 72.3 Å². The summed E-state index contributed by atoms with van der Waals surface area (Å²) < 4.78 is 79.6. The highest BCUT2D eigenvalue weighted by Gasteiger charge is 2.36. The maximum Gasteiger partial charge on any atom is 0.419 e. The van der Waals surface area contributed by atoms with E-state index in [4.69, 9.17) is 30.5 Å². The number of ether oxygens (including phenoxy) is 4. The minimum atomic E-state index is -4.98. The molecule has 0 saturated carbocycles. The van der Waals surface area contributed by atoms with Gasteiger partial charge in [0.2, 0.25) is 23.6 Å². The van der Waals surface area contributed by atoms with Gasteiger partial charge in [0.1, 0.15) is 34.9 Å². The number of piperazine rings is 2. The lowest BCUT2D eigenvalue weighted by atomic mass is 10.2. The first-order valence-corrected chi connectivity index (χ1v) is 26.2. The maximum absolute atomic E-state index is 14.3. The highest BCUT2D eigenvalue weighted by atomic mass is 35.5. The third kappa shape index (κ3) is 13.0. The molecule has 29 heteroatoms. The molecule has 78 heavy (non-hydrogen) atoms. The number of morpholine rings is 2. The number of hydrogen-bond acceptors (Lipinski definition) is 17. The van der Waals surface area contributed by atoms with Crippen molar-refractivity contribution in [1.82, 2.24) is 48.5 Å². The molecule has 1 aromatic carbocycles. The molecule has 3 amide bonds. The normalized spacial score (nSPS) is 16.9. The number of aromatic nitrogens is 8. The van der Waals surface area contributed by atoms with Crippen LogP contribution in [-0.2, 0) is 49.3 Å². The summed E-state index contributed by atoms with van der Waals surface area (Å²) in [5.74, 6) is -1.05. The first-order valence-electron chi connectivity index (χ1n) is 25.8. The van der Waals surface area contributed by atoms with Gasteiger partial charge in [-0.25, -0.2) is 19.0 Å². The minimum Gasteiger partial charge on any atom is -0.444 e. The van der Waals surface area contributed by atoms with Gasteiger partial charge in [-0.15, -0.1) is 5.10 Å². The summed E-state index contributed by atoms with van der Waals surface area (Å²) >= 11 is 6.00. The van der Waals surface area contributed by atoms with E-state index in [1.165, 1.54) is 9.08 Å². The van der Waals surface area contributed by atoms with Crippen LogP contribution >= 0.6 is 11.6 Å². The smallest absolute Gasteiger partial charge is 0.419 e. The topological polar surface area (TPSA) is 235 Å². The molecule has 8 heterocycles. The summed E-state index contributed by atoms with van der Waals surface area (Å²) in [6, 6.07) is 0.914. The molecular formula is C49H66ClF4N15O9. The van der Waals surface area contributed by atoms with Crippen molar-refractivity contribution in [3.8, 4) is 0 Å². The van der Waals surface area contributed by atoms with E-state index in [0.29, 0.717) is 120 Å². The van der Waals surface area contributed by atoms with E-state index in [2.05, 4.69) is 35.4 Å². The van der Waals surface area contributed by atoms with Crippen LogP contribution < -0.4 is 36.0 Å². The van der Waals surface area contributed by atoms with E-state index >= 15 is 0 Å². The Morgan fingerprint density at radius 3 is 1.76 bits per heavy atom. The number of amides is 3. The standard InChI is InChI=1S/C29H35ClF4N8O5.C20H31N7O4/c1-5-21-23(38-6-8-40(9-7-38)27(45)47-28(2,3)4)24(44)42-26(36-25(37-42)39-10-12-46-13-11-39)41(21)16-22(43)35-20-15-19(31)17(14-18(20)30)29(32,33)34;1-5-14-15(24-6-8-26(9-7-24)19(29)31-20(2,3)4)16(28)27-17(21-14)22-18(23-27)25-10-12-30-13-11-25/h14-15H,5-13,16H2,1-4H3,(H,35,43);5-13H2,1-4H3,(H,21,22,23). The number of H-pyrrole nitrogens is 1. The number of halogens is 5. The Bertz CT molecular complexity index is 3120. The Morgan fingerprint density at radius 1 is 0.705 bits per heavy atom. The van der Waals surface area contributed by atoms with Gasteiger partial charge in [-0.1, -0.05) is 25.4 Å². The number of carbonyl (C=O) groups excluding carboxylic acids is 3. The first kappa shape index (κ1) is 57.2. The highest BCUT2D eigenvalue weighted by molar-refractivity contribution is 6.33. The fraction of sp³-hybridized carbons (Fsp3) is 0.612. The van der Waals surface area contributed by atoms with Crippen LogP contribution in [0.5, 0.6) is 0 Å². The van der Waals surface area contributed by atoms with E-state index in [1.807, 2.05) is 42.4 Å². The number of nitrogens with one attached hydrogen (secondary N) is 2. The van der Waals surface area contributed by atoms with Gasteiger partial charge in [0.15, 0.2) is 0 Å². The summed E-state index contributed by atoms with van der Waals surface area (Å²) in [4.78, 5) is 90.6. The van der Waals surface area contributed by atoms with Crippen LogP contribution in [0.2, 0.25) is 5.02 Å². The quantitative estimate of drug-likeness (QED) is 0.191. The summed E-state index contributed by atoms with van der Waals surface area (Å²) in [6.45, 7) is 21.9. The third-order valence-electron chi connectivity index (χ3n) is 13.1. The van der Waals surface area contributed by atoms with Gasteiger partial charge >= 0.3 is 18.4 Å². The van der Waals surface area contributed by atoms with Gasteiger partial charge in [0, 0.05) is 78.5 Å². The SMILES string of the molecule is CCc1c(N2CCN(C(=O)OC(C)(C)C)CC2)c(=O)n2nc(N3CCOCC3)nc2n1CC(=O)Nc1cc(F)c(C(F)(F)F)cc1Cl.CCc1nc2nc(N3CCOCC3)[nH]n2c(=O)c1N1CCN(C(=O)OC(C)(C)C)CC1. The van der Waals surface area contributed by atoms with Crippen molar-refractivity contribution >= 4 is 70.2 Å². The molecule has 4 saturated heterocycles. The molecular weight excluding hydrogens is 1050 g/mol. The summed E-state index contributed by atoms with van der Waals surface area (Å²) in [5.41, 5.74) is -1.78. The van der Waals surface area contributed by atoms with Crippen LogP contribution in [-0.4, -0.2) is 183 Å². The van der Waals surface area contributed by atoms with Crippen molar-refractivity contribution in [3.63, 3.8) is 0 Å². The second-order valence-electron chi connectivity index (χ2n) is 20.9. The van der Waals surface area contributed by atoms with Gasteiger partial charge < -0.3 is 58.2 Å². The van der Waals surface area contributed by atoms with Crippen LogP contribution in [0.3, 0.4) is 0 Å². The predicted octanol–water partition coefficient (Wildman–Crippen LogP) is 4.67. The summed E-state index contributed by atoms with van der Waals surface area (Å²) in [7, 11) is 0.